The van der Waals surface area contributed by atoms with E-state index in [4.69, 9.17) is 5.41 Å². The summed E-state index contributed by atoms with van der Waals surface area (Å²) >= 11 is 0. The van der Waals surface area contributed by atoms with Gasteiger partial charge >= 0.3 is 51.4 Å². The van der Waals surface area contributed by atoms with E-state index >= 15 is 0 Å². The summed E-state index contributed by atoms with van der Waals surface area (Å²) in [5, 5.41) is 6.50. The fraction of sp³-hybridized carbons (Fsp3) is 0.909. The molecule has 4 atom stereocenters. The van der Waals surface area contributed by atoms with Crippen LogP contribution >= 0.6 is 39.6 Å². The Hall–Kier alpha value is 4.00. The monoisotopic (exact) mass is 643 g/mol. The third kappa shape index (κ3) is 607. The molecule has 0 rings (SSSR count). The van der Waals surface area contributed by atoms with Crippen molar-refractivity contribution in [3.63, 3.8) is 0 Å². The minimum absolute atomic E-state index is 0. The topological polar surface area (TPSA) is 86.8 Å². The number of rotatable bonds is 0. The molecule has 0 aliphatic heterocycles. The molecule has 3 nitrogen and oxygen atoms in total. The molecular formula is C11H64KNO2P4U. The van der Waals surface area contributed by atoms with Gasteiger partial charge in [0, 0.05) is 42.5 Å². The van der Waals surface area contributed by atoms with Crippen molar-refractivity contribution in [1.29, 1.82) is 5.41 Å². The minimum Gasteiger partial charge on any atom is -1.00 e. The van der Waals surface area contributed by atoms with Crippen molar-refractivity contribution in [3.8, 4) is 0 Å². The van der Waals surface area contributed by atoms with Crippen LogP contribution in [0.5, 0.6) is 0 Å². The van der Waals surface area contributed by atoms with Crippen LogP contribution in [0.3, 0.4) is 0 Å². The first-order chi connectivity index (χ1) is 1.73. The Labute approximate surface area is 221 Å². The molecule has 0 heterocycles. The van der Waals surface area contributed by atoms with Gasteiger partial charge in [-0.05, 0) is 13.8 Å². The van der Waals surface area contributed by atoms with Crippen LogP contribution in [0.2, 0.25) is 0 Å². The second-order valence-electron chi connectivity index (χ2n) is 1.00. The van der Waals surface area contributed by atoms with E-state index in [1.54, 1.807) is 13.8 Å². The van der Waals surface area contributed by atoms with Gasteiger partial charge in [0.1, 0.15) is 0 Å². The predicted molar refractivity (Wildman–Crippen MR) is 134 cm³/mol. The maximum atomic E-state index is 6.50. The Kier molecular flexibility index (Phi) is 2940. The summed E-state index contributed by atoms with van der Waals surface area (Å²) in [5.41, 5.74) is 0.667. The minimum atomic E-state index is 0. The van der Waals surface area contributed by atoms with Crippen molar-refractivity contribution in [3.05, 3.63) is 0 Å². The van der Waals surface area contributed by atoms with E-state index in [1.165, 1.54) is 0 Å². The van der Waals surface area contributed by atoms with Crippen molar-refractivity contribution < 1.29 is 101 Å². The molecule has 0 aromatic rings. The van der Waals surface area contributed by atoms with Crippen molar-refractivity contribution in [2.24, 2.45) is 0 Å². The van der Waals surface area contributed by atoms with E-state index in [9.17, 15) is 0 Å². The maximum Gasteiger partial charge on any atom is 1.00 e. The molecule has 0 saturated carbocycles. The normalized spacial score (nSPS) is 1.30. The van der Waals surface area contributed by atoms with Gasteiger partial charge in [-0.3, -0.25) is 0 Å². The van der Waals surface area contributed by atoms with Gasteiger partial charge < -0.3 is 17.8 Å². The maximum absolute atomic E-state index is 6.50. The third-order valence-corrected chi connectivity index (χ3v) is 0. The Morgan fingerprint density at radius 1 is 0.650 bits per heavy atom. The molecule has 0 amide bonds. The Morgan fingerprint density at radius 3 is 0.650 bits per heavy atom. The smallest absolute Gasteiger partial charge is 1.00 e. The van der Waals surface area contributed by atoms with Crippen LogP contribution in [0, 0.1) is 36.5 Å². The molecule has 0 aliphatic rings. The van der Waals surface area contributed by atoms with Crippen LogP contribution in [0.15, 0.2) is 0 Å². The summed E-state index contributed by atoms with van der Waals surface area (Å²) in [5.74, 6) is 0. The molecule has 150 valence electrons. The van der Waals surface area contributed by atoms with E-state index in [-0.39, 0.29) is 200 Å². The molecule has 0 radical (unpaired) electrons. The van der Waals surface area contributed by atoms with Crippen LogP contribution < -0.4 is 51.4 Å². The largest absolute Gasteiger partial charge is 1.00 e. The summed E-state index contributed by atoms with van der Waals surface area (Å²) in [4.78, 5) is 0. The van der Waals surface area contributed by atoms with Gasteiger partial charge in [0.25, 0.3) is 0 Å². The zero-order valence-corrected chi connectivity index (χ0v) is 21.3. The third-order valence-electron chi connectivity index (χ3n) is 0. The van der Waals surface area contributed by atoms with Crippen molar-refractivity contribution in [2.75, 3.05) is 0 Å². The molecule has 0 aromatic carbocycles. The van der Waals surface area contributed by atoms with E-state index in [2.05, 4.69) is 0 Å². The van der Waals surface area contributed by atoms with E-state index in [0.29, 0.717) is 5.71 Å². The Bertz CT molecular complexity index is 79.5. The Morgan fingerprint density at radius 2 is 0.650 bits per heavy atom. The van der Waals surface area contributed by atoms with Crippen molar-refractivity contribution in [2.45, 2.75) is 73.3 Å². The summed E-state index contributed by atoms with van der Waals surface area (Å²) in [6, 6.07) is 0. The summed E-state index contributed by atoms with van der Waals surface area (Å²) < 4.78 is 0. The standard InChI is InChI=1S/C3H7N.8CH4.K.2H2O.4H3P.U.4H2.H/c1-3(2)4;;;;;;;;;;;;;;;;;;;;;/h4H,1-2H3;8*1H4;;2*1H2;4*1H3;;4*1H;/q;;;;;;;;;+1;;;;;;;;;;;;-1. The summed E-state index contributed by atoms with van der Waals surface area (Å²) in [7, 11) is 0. The van der Waals surface area contributed by atoms with Crippen LogP contribution in [0.25, 0.3) is 0 Å². The van der Waals surface area contributed by atoms with E-state index in [1.807, 2.05) is 0 Å². The number of nitrogens with one attached hydrogen (secondary N) is 1. The average molecular weight is 644 g/mol. The molecule has 0 fully saturated rings. The SMILES string of the molecule is C.C.C.C.C.C.C.C.CC(C)=N.O.O.P.P.P.P.[H-].[HH].[HH].[HH].[HH].[K+].[U]. The van der Waals surface area contributed by atoms with Gasteiger partial charge in [-0.25, -0.2) is 0 Å². The molecule has 9 heteroatoms. The van der Waals surface area contributed by atoms with Gasteiger partial charge in [-0.1, -0.05) is 59.4 Å². The van der Waals surface area contributed by atoms with Crippen LogP contribution in [-0.2, 0) is 0 Å². The fourth-order valence-electron chi connectivity index (χ4n) is 0. The van der Waals surface area contributed by atoms with Crippen LogP contribution in [0.4, 0.5) is 0 Å². The fourth-order valence-corrected chi connectivity index (χ4v) is 0. The van der Waals surface area contributed by atoms with Gasteiger partial charge in [0.2, 0.25) is 0 Å². The number of hydrogen-bond acceptors (Lipinski definition) is 1. The van der Waals surface area contributed by atoms with Gasteiger partial charge in [-0.2, -0.15) is 39.6 Å². The zero-order valence-electron chi connectivity index (χ0n) is 9.33. The second-order valence-corrected chi connectivity index (χ2v) is 1.00. The second kappa shape index (κ2) is 227. The quantitative estimate of drug-likeness (QED) is 0.239. The van der Waals surface area contributed by atoms with Crippen LogP contribution in [-0.4, -0.2) is 16.7 Å². The van der Waals surface area contributed by atoms with Crippen molar-refractivity contribution in [1.82, 2.24) is 0 Å². The Balaban J connectivity index is -0.000000000214. The van der Waals surface area contributed by atoms with E-state index < -0.39 is 0 Å². The zero-order chi connectivity index (χ0) is 3.58. The van der Waals surface area contributed by atoms with Gasteiger partial charge in [0.05, 0.1) is 0 Å². The van der Waals surface area contributed by atoms with Crippen molar-refractivity contribution >= 4 is 45.3 Å². The first kappa shape index (κ1) is 259. The molecule has 20 heavy (non-hydrogen) atoms. The first-order valence-corrected chi connectivity index (χ1v) is 1.25. The summed E-state index contributed by atoms with van der Waals surface area (Å²) in [6.07, 6.45) is 0. The van der Waals surface area contributed by atoms with Crippen LogP contribution in [0.1, 0.15) is 80.4 Å². The summed E-state index contributed by atoms with van der Waals surface area (Å²) in [6.45, 7) is 3.50. The van der Waals surface area contributed by atoms with Gasteiger partial charge in [-0.15, -0.1) is 0 Å². The molecule has 0 spiro atoms. The molecule has 5 N–H and O–H groups in total. The molecule has 0 aliphatic carbocycles. The average Bonchev–Trinajstić information content (AvgIpc) is 0.811. The predicted octanol–water partition coefficient (Wildman–Crippen LogP) is 2.82. The molecule has 4 unspecified atom stereocenters. The number of hydrogen-bond donors (Lipinski definition) is 1. The first-order valence-electron chi connectivity index (χ1n) is 1.25. The van der Waals surface area contributed by atoms with Gasteiger partial charge in [0.15, 0.2) is 0 Å². The molecule has 0 aromatic heterocycles. The molecular weight excluding hydrogens is 579 g/mol. The molecule has 0 saturated heterocycles. The molecule has 0 bridgehead atoms. The van der Waals surface area contributed by atoms with E-state index in [0.717, 1.165) is 0 Å².